The first-order valence-electron chi connectivity index (χ1n) is 10.6. The highest BCUT2D eigenvalue weighted by atomic mass is 16.7. The number of ether oxygens (including phenoxy) is 2. The number of fused-ring (bicyclic) bond motifs is 2. The lowest BCUT2D eigenvalue weighted by Gasteiger charge is -2.18. The van der Waals surface area contributed by atoms with Crippen molar-refractivity contribution >= 4 is 22.3 Å². The summed E-state index contributed by atoms with van der Waals surface area (Å²) in [5, 5.41) is 4.96. The first kappa shape index (κ1) is 21.7. The molecule has 0 unspecified atom stereocenters. The molecule has 2 aromatic carbocycles. The summed E-state index contributed by atoms with van der Waals surface area (Å²) in [4.78, 5) is 29.1. The number of carbonyl (C=O) groups excluding carboxylic acids is 1. The second-order valence-corrected chi connectivity index (χ2v) is 7.27. The molecule has 0 spiro atoms. The van der Waals surface area contributed by atoms with Crippen LogP contribution < -0.4 is 10.9 Å². The van der Waals surface area contributed by atoms with Crippen LogP contribution in [0.15, 0.2) is 71.7 Å². The molecule has 2 heterocycles. The molecule has 4 rings (SSSR count). The number of carbonyl (C=O) groups is 1. The van der Waals surface area contributed by atoms with Crippen LogP contribution in [0.1, 0.15) is 41.8 Å². The Morgan fingerprint density at radius 3 is 2.56 bits per heavy atom. The molecular formula is C25H25N3O4. The molecule has 32 heavy (non-hydrogen) atoms. The molecule has 0 aliphatic carbocycles. The van der Waals surface area contributed by atoms with Gasteiger partial charge >= 0.3 is 0 Å². The van der Waals surface area contributed by atoms with Crippen molar-refractivity contribution in [2.24, 2.45) is 0 Å². The summed E-state index contributed by atoms with van der Waals surface area (Å²) in [6.45, 7) is 5.30. The van der Waals surface area contributed by atoms with Crippen molar-refractivity contribution in [1.29, 1.82) is 0 Å². The predicted molar refractivity (Wildman–Crippen MR) is 123 cm³/mol. The summed E-state index contributed by atoms with van der Waals surface area (Å²) in [6, 6.07) is 18.5. The van der Waals surface area contributed by atoms with Gasteiger partial charge in [-0.1, -0.05) is 30.3 Å². The number of rotatable bonds is 8. The van der Waals surface area contributed by atoms with Crippen LogP contribution in [0.4, 0.5) is 0 Å². The Morgan fingerprint density at radius 1 is 1.00 bits per heavy atom. The third-order valence-electron chi connectivity index (χ3n) is 5.09. The van der Waals surface area contributed by atoms with E-state index in [1.807, 2.05) is 50.2 Å². The average molecular weight is 431 g/mol. The molecule has 2 aromatic heterocycles. The van der Waals surface area contributed by atoms with Crippen LogP contribution in [0.5, 0.6) is 0 Å². The SMILES string of the molecule is CCOC(OCC)c1ccc2ccc(CNC(=O)c3cc(=O)n4ccccc4n3)cc2c1. The van der Waals surface area contributed by atoms with E-state index in [9.17, 15) is 9.59 Å². The van der Waals surface area contributed by atoms with Crippen molar-refractivity contribution in [3.63, 3.8) is 0 Å². The summed E-state index contributed by atoms with van der Waals surface area (Å²) in [5.41, 5.74) is 2.12. The van der Waals surface area contributed by atoms with Crippen LogP contribution in [-0.4, -0.2) is 28.5 Å². The third-order valence-corrected chi connectivity index (χ3v) is 5.09. The van der Waals surface area contributed by atoms with Gasteiger partial charge in [0.25, 0.3) is 11.5 Å². The molecule has 0 bridgehead atoms. The molecule has 7 heteroatoms. The lowest BCUT2D eigenvalue weighted by Crippen LogP contribution is -2.26. The van der Waals surface area contributed by atoms with Gasteiger partial charge in [0.15, 0.2) is 6.29 Å². The second-order valence-electron chi connectivity index (χ2n) is 7.27. The summed E-state index contributed by atoms with van der Waals surface area (Å²) in [7, 11) is 0. The second kappa shape index (κ2) is 9.72. The van der Waals surface area contributed by atoms with Gasteiger partial charge in [-0.3, -0.25) is 14.0 Å². The van der Waals surface area contributed by atoms with E-state index in [0.717, 1.165) is 21.9 Å². The van der Waals surface area contributed by atoms with E-state index in [0.29, 0.717) is 25.4 Å². The number of pyridine rings is 1. The normalized spacial score (nSPS) is 11.3. The van der Waals surface area contributed by atoms with Gasteiger partial charge in [-0.2, -0.15) is 0 Å². The Bertz CT molecular complexity index is 1310. The van der Waals surface area contributed by atoms with Crippen molar-refractivity contribution in [2.75, 3.05) is 13.2 Å². The lowest BCUT2D eigenvalue weighted by molar-refractivity contribution is -0.140. The minimum atomic E-state index is -0.407. The fourth-order valence-corrected chi connectivity index (χ4v) is 3.56. The molecule has 0 aliphatic rings. The molecule has 0 atom stereocenters. The predicted octanol–water partition coefficient (Wildman–Crippen LogP) is 3.85. The van der Waals surface area contributed by atoms with E-state index < -0.39 is 12.2 Å². The molecule has 1 N–H and O–H groups in total. The topological polar surface area (TPSA) is 81.9 Å². The fraction of sp³-hybridized carbons (Fsp3) is 0.240. The number of nitrogens with zero attached hydrogens (tertiary/aromatic N) is 2. The maximum Gasteiger partial charge on any atom is 0.270 e. The minimum absolute atomic E-state index is 0.0977. The number of hydrogen-bond acceptors (Lipinski definition) is 5. The van der Waals surface area contributed by atoms with Gasteiger partial charge < -0.3 is 14.8 Å². The molecule has 4 aromatic rings. The molecular weight excluding hydrogens is 406 g/mol. The van der Waals surface area contributed by atoms with E-state index >= 15 is 0 Å². The number of aromatic nitrogens is 2. The molecule has 7 nitrogen and oxygen atoms in total. The van der Waals surface area contributed by atoms with Gasteiger partial charge in [-0.05, 0) is 54.4 Å². The van der Waals surface area contributed by atoms with Gasteiger partial charge in [-0.15, -0.1) is 0 Å². The van der Waals surface area contributed by atoms with E-state index in [-0.39, 0.29) is 11.3 Å². The number of benzene rings is 2. The van der Waals surface area contributed by atoms with Crippen LogP contribution >= 0.6 is 0 Å². The average Bonchev–Trinajstić information content (AvgIpc) is 2.82. The lowest BCUT2D eigenvalue weighted by atomic mass is 10.0. The van der Waals surface area contributed by atoms with Crippen molar-refractivity contribution in [3.8, 4) is 0 Å². The van der Waals surface area contributed by atoms with E-state index in [1.165, 1.54) is 10.5 Å². The molecule has 1 amide bonds. The standard InChI is InChI=1S/C25H25N3O4/c1-3-31-25(32-4-2)19-11-10-18-9-8-17(13-20(18)14-19)16-26-24(30)21-15-23(29)28-12-6-5-7-22(28)27-21/h5-15,25H,3-4,16H2,1-2H3,(H,26,30). The highest BCUT2D eigenvalue weighted by Crippen LogP contribution is 2.25. The van der Waals surface area contributed by atoms with Gasteiger partial charge in [0.2, 0.25) is 0 Å². The van der Waals surface area contributed by atoms with Crippen molar-refractivity contribution in [3.05, 3.63) is 94.0 Å². The van der Waals surface area contributed by atoms with Crippen LogP contribution in [0.3, 0.4) is 0 Å². The highest BCUT2D eigenvalue weighted by Gasteiger charge is 2.13. The van der Waals surface area contributed by atoms with E-state index in [4.69, 9.17) is 9.47 Å². The van der Waals surface area contributed by atoms with Crippen molar-refractivity contribution in [2.45, 2.75) is 26.7 Å². The van der Waals surface area contributed by atoms with E-state index in [2.05, 4.69) is 10.3 Å². The zero-order valence-electron chi connectivity index (χ0n) is 18.1. The first-order chi connectivity index (χ1) is 15.6. The first-order valence-corrected chi connectivity index (χ1v) is 10.6. The van der Waals surface area contributed by atoms with Gasteiger partial charge in [-0.25, -0.2) is 4.98 Å². The Hall–Kier alpha value is -3.55. The van der Waals surface area contributed by atoms with Gasteiger partial charge in [0.05, 0.1) is 0 Å². The molecule has 0 aliphatic heterocycles. The number of nitrogens with one attached hydrogen (secondary N) is 1. The van der Waals surface area contributed by atoms with Crippen LogP contribution in [0.2, 0.25) is 0 Å². The molecule has 0 fully saturated rings. The summed E-state index contributed by atoms with van der Waals surface area (Å²) >= 11 is 0. The van der Waals surface area contributed by atoms with Crippen LogP contribution in [-0.2, 0) is 16.0 Å². The Kier molecular flexibility index (Phi) is 6.58. The third kappa shape index (κ3) is 4.69. The number of hydrogen-bond donors (Lipinski definition) is 1. The smallest absolute Gasteiger partial charge is 0.270 e. The molecule has 0 saturated carbocycles. The Balaban J connectivity index is 1.52. The minimum Gasteiger partial charge on any atom is -0.349 e. The van der Waals surface area contributed by atoms with E-state index in [1.54, 1.807) is 24.4 Å². The quantitative estimate of drug-likeness (QED) is 0.429. The Labute approximate surface area is 185 Å². The highest BCUT2D eigenvalue weighted by molar-refractivity contribution is 5.92. The van der Waals surface area contributed by atoms with Crippen molar-refractivity contribution in [1.82, 2.24) is 14.7 Å². The zero-order chi connectivity index (χ0) is 22.5. The van der Waals surface area contributed by atoms with Gasteiger partial charge in [0, 0.05) is 37.6 Å². The monoisotopic (exact) mass is 431 g/mol. The number of amides is 1. The Morgan fingerprint density at radius 2 is 1.78 bits per heavy atom. The molecule has 0 saturated heterocycles. The zero-order valence-corrected chi connectivity index (χ0v) is 18.1. The maximum absolute atomic E-state index is 12.6. The van der Waals surface area contributed by atoms with Crippen LogP contribution in [0, 0.1) is 0 Å². The maximum atomic E-state index is 12.6. The van der Waals surface area contributed by atoms with Gasteiger partial charge in [0.1, 0.15) is 11.3 Å². The summed E-state index contributed by atoms with van der Waals surface area (Å²) in [5.74, 6) is -0.393. The fourth-order valence-electron chi connectivity index (χ4n) is 3.56. The van der Waals surface area contributed by atoms with Crippen molar-refractivity contribution < 1.29 is 14.3 Å². The summed E-state index contributed by atoms with van der Waals surface area (Å²) < 4.78 is 12.8. The summed E-state index contributed by atoms with van der Waals surface area (Å²) in [6.07, 6.45) is 1.22. The largest absolute Gasteiger partial charge is 0.349 e. The molecule has 0 radical (unpaired) electrons. The molecule has 164 valence electrons. The van der Waals surface area contributed by atoms with Crippen LogP contribution in [0.25, 0.3) is 16.4 Å².